The highest BCUT2D eigenvalue weighted by Gasteiger charge is 2.21. The van der Waals surface area contributed by atoms with Gasteiger partial charge in [0.25, 0.3) is 5.91 Å². The largest absolute Gasteiger partial charge is 0.348 e. The second kappa shape index (κ2) is 4.49. The number of amides is 1. The second-order valence-corrected chi connectivity index (χ2v) is 4.98. The topological polar surface area (TPSA) is 41.1 Å². The Morgan fingerprint density at radius 1 is 1.18 bits per heavy atom. The van der Waals surface area contributed by atoms with Gasteiger partial charge in [-0.15, -0.1) is 0 Å². The number of carbonyl (C=O) groups is 1. The summed E-state index contributed by atoms with van der Waals surface area (Å²) in [6.07, 6.45) is 3.71. The SMILES string of the molecule is O=C1NCc2cc([C@H]3CCCNCC3)ccc21. The van der Waals surface area contributed by atoms with Crippen molar-refractivity contribution in [1.29, 1.82) is 0 Å². The lowest BCUT2D eigenvalue weighted by Crippen LogP contribution is -2.13. The van der Waals surface area contributed by atoms with Crippen LogP contribution in [0.5, 0.6) is 0 Å². The van der Waals surface area contributed by atoms with Crippen LogP contribution in [0.25, 0.3) is 0 Å². The number of hydrogen-bond donors (Lipinski definition) is 2. The summed E-state index contributed by atoms with van der Waals surface area (Å²) in [7, 11) is 0. The van der Waals surface area contributed by atoms with Gasteiger partial charge in [-0.1, -0.05) is 12.1 Å². The fourth-order valence-electron chi connectivity index (χ4n) is 2.86. The number of nitrogens with one attached hydrogen (secondary N) is 2. The van der Waals surface area contributed by atoms with Crippen molar-refractivity contribution in [2.75, 3.05) is 13.1 Å². The summed E-state index contributed by atoms with van der Waals surface area (Å²) in [5.41, 5.74) is 3.44. The third-order valence-electron chi connectivity index (χ3n) is 3.86. The van der Waals surface area contributed by atoms with E-state index in [4.69, 9.17) is 0 Å². The number of rotatable bonds is 1. The van der Waals surface area contributed by atoms with Gasteiger partial charge in [0.2, 0.25) is 0 Å². The molecule has 1 amide bonds. The first-order valence-corrected chi connectivity index (χ1v) is 6.46. The molecule has 2 N–H and O–H groups in total. The minimum Gasteiger partial charge on any atom is -0.348 e. The van der Waals surface area contributed by atoms with Crippen LogP contribution in [0.4, 0.5) is 0 Å². The monoisotopic (exact) mass is 230 g/mol. The Morgan fingerprint density at radius 3 is 3.06 bits per heavy atom. The predicted octanol–water partition coefficient (Wildman–Crippen LogP) is 1.79. The molecule has 1 aromatic rings. The zero-order chi connectivity index (χ0) is 11.7. The van der Waals surface area contributed by atoms with Crippen molar-refractivity contribution in [3.8, 4) is 0 Å². The van der Waals surface area contributed by atoms with Gasteiger partial charge in [-0.25, -0.2) is 0 Å². The van der Waals surface area contributed by atoms with E-state index >= 15 is 0 Å². The highest BCUT2D eigenvalue weighted by atomic mass is 16.1. The number of carbonyl (C=O) groups excluding carboxylic acids is 1. The van der Waals surface area contributed by atoms with Crippen LogP contribution in [-0.4, -0.2) is 19.0 Å². The molecule has 0 bridgehead atoms. The molecule has 1 saturated heterocycles. The Kier molecular flexibility index (Phi) is 2.85. The third-order valence-corrected chi connectivity index (χ3v) is 3.86. The van der Waals surface area contributed by atoms with Crippen LogP contribution in [-0.2, 0) is 6.54 Å². The Hall–Kier alpha value is -1.35. The molecule has 3 nitrogen and oxygen atoms in total. The van der Waals surface area contributed by atoms with Crippen molar-refractivity contribution in [3.63, 3.8) is 0 Å². The van der Waals surface area contributed by atoms with Crippen LogP contribution < -0.4 is 10.6 Å². The number of hydrogen-bond acceptors (Lipinski definition) is 2. The summed E-state index contributed by atoms with van der Waals surface area (Å²) in [4.78, 5) is 11.5. The summed E-state index contributed by atoms with van der Waals surface area (Å²) < 4.78 is 0. The van der Waals surface area contributed by atoms with Crippen LogP contribution in [0.2, 0.25) is 0 Å². The molecule has 1 fully saturated rings. The third kappa shape index (κ3) is 2.07. The average molecular weight is 230 g/mol. The normalized spacial score (nSPS) is 24.0. The van der Waals surface area contributed by atoms with Crippen molar-refractivity contribution >= 4 is 5.91 Å². The summed E-state index contributed by atoms with van der Waals surface area (Å²) in [6.45, 7) is 2.95. The zero-order valence-electron chi connectivity index (χ0n) is 9.96. The molecule has 0 unspecified atom stereocenters. The Bertz CT molecular complexity index is 434. The van der Waals surface area contributed by atoms with E-state index in [0.29, 0.717) is 12.5 Å². The first-order chi connectivity index (χ1) is 8.34. The molecule has 2 aliphatic rings. The highest BCUT2D eigenvalue weighted by Crippen LogP contribution is 2.28. The molecule has 0 spiro atoms. The standard InChI is InChI=1S/C14H18N2O/c17-14-13-4-3-11(8-12(13)9-16-14)10-2-1-6-15-7-5-10/h3-4,8,10,15H,1-2,5-7,9H2,(H,16,17)/t10-/m0/s1. The second-order valence-electron chi connectivity index (χ2n) is 4.98. The first kappa shape index (κ1) is 10.8. The minimum absolute atomic E-state index is 0.0779. The summed E-state index contributed by atoms with van der Waals surface area (Å²) >= 11 is 0. The van der Waals surface area contributed by atoms with E-state index in [-0.39, 0.29) is 5.91 Å². The van der Waals surface area contributed by atoms with Crippen molar-refractivity contribution in [2.24, 2.45) is 0 Å². The zero-order valence-corrected chi connectivity index (χ0v) is 9.96. The minimum atomic E-state index is 0.0779. The van der Waals surface area contributed by atoms with Gasteiger partial charge in [0.05, 0.1) is 0 Å². The average Bonchev–Trinajstić information content (AvgIpc) is 2.58. The van der Waals surface area contributed by atoms with Crippen molar-refractivity contribution in [2.45, 2.75) is 31.7 Å². The first-order valence-electron chi connectivity index (χ1n) is 6.46. The van der Waals surface area contributed by atoms with E-state index in [9.17, 15) is 4.79 Å². The fraction of sp³-hybridized carbons (Fsp3) is 0.500. The van der Waals surface area contributed by atoms with Crippen LogP contribution in [0, 0.1) is 0 Å². The van der Waals surface area contributed by atoms with Crippen LogP contribution in [0.1, 0.15) is 46.7 Å². The van der Waals surface area contributed by atoms with E-state index in [2.05, 4.69) is 22.8 Å². The molecular weight excluding hydrogens is 212 g/mol. The quantitative estimate of drug-likeness (QED) is 0.772. The van der Waals surface area contributed by atoms with Crippen molar-refractivity contribution in [3.05, 3.63) is 34.9 Å². The van der Waals surface area contributed by atoms with Gasteiger partial charge in [-0.2, -0.15) is 0 Å². The maximum atomic E-state index is 11.5. The molecule has 3 rings (SSSR count). The molecule has 3 heteroatoms. The van der Waals surface area contributed by atoms with E-state index < -0.39 is 0 Å². The lowest BCUT2D eigenvalue weighted by molar-refractivity contribution is 0.0966. The van der Waals surface area contributed by atoms with Gasteiger partial charge < -0.3 is 10.6 Å². The molecular formula is C14H18N2O. The fourth-order valence-corrected chi connectivity index (χ4v) is 2.86. The van der Waals surface area contributed by atoms with Crippen molar-refractivity contribution < 1.29 is 4.79 Å². The van der Waals surface area contributed by atoms with Gasteiger partial charge in [0.1, 0.15) is 0 Å². The summed E-state index contributed by atoms with van der Waals surface area (Å²) in [5.74, 6) is 0.736. The highest BCUT2D eigenvalue weighted by molar-refractivity contribution is 5.98. The van der Waals surface area contributed by atoms with Gasteiger partial charge in [-0.05, 0) is 55.5 Å². The Morgan fingerprint density at radius 2 is 2.12 bits per heavy atom. The molecule has 2 aliphatic heterocycles. The number of benzene rings is 1. The molecule has 90 valence electrons. The van der Waals surface area contributed by atoms with E-state index in [0.717, 1.165) is 18.7 Å². The maximum absolute atomic E-state index is 11.5. The molecule has 1 atom stereocenters. The van der Waals surface area contributed by atoms with Crippen molar-refractivity contribution in [1.82, 2.24) is 10.6 Å². The summed E-state index contributed by atoms with van der Waals surface area (Å²) in [6, 6.07) is 6.36. The van der Waals surface area contributed by atoms with Crippen LogP contribution in [0.15, 0.2) is 18.2 Å². The van der Waals surface area contributed by atoms with Crippen LogP contribution in [0.3, 0.4) is 0 Å². The molecule has 0 radical (unpaired) electrons. The molecule has 17 heavy (non-hydrogen) atoms. The maximum Gasteiger partial charge on any atom is 0.251 e. The van der Waals surface area contributed by atoms with Gasteiger partial charge in [0, 0.05) is 12.1 Å². The summed E-state index contributed by atoms with van der Waals surface area (Å²) in [5, 5.41) is 6.32. The number of fused-ring (bicyclic) bond motifs is 1. The Balaban J connectivity index is 1.86. The Labute approximate surface area is 102 Å². The smallest absolute Gasteiger partial charge is 0.251 e. The predicted molar refractivity (Wildman–Crippen MR) is 67.1 cm³/mol. The molecule has 1 aromatic carbocycles. The van der Waals surface area contributed by atoms with Gasteiger partial charge >= 0.3 is 0 Å². The molecule has 0 aromatic heterocycles. The molecule has 0 aliphatic carbocycles. The molecule has 0 saturated carbocycles. The van der Waals surface area contributed by atoms with Gasteiger partial charge in [0.15, 0.2) is 0 Å². The van der Waals surface area contributed by atoms with E-state index in [1.54, 1.807) is 0 Å². The van der Waals surface area contributed by atoms with E-state index in [1.165, 1.54) is 30.4 Å². The lowest BCUT2D eigenvalue weighted by Gasteiger charge is -2.14. The lowest BCUT2D eigenvalue weighted by atomic mass is 9.90. The van der Waals surface area contributed by atoms with Crippen LogP contribution >= 0.6 is 0 Å². The van der Waals surface area contributed by atoms with Gasteiger partial charge in [-0.3, -0.25) is 4.79 Å². The molecule has 2 heterocycles. The van der Waals surface area contributed by atoms with E-state index in [1.807, 2.05) is 6.07 Å².